The SMILES string of the molecule is Cc1cc(C)cc(C(=O)NCCCS(=O)(=O)N2CCc3ccccc3C2)c1. The molecule has 2 aromatic carbocycles. The second-order valence-corrected chi connectivity index (χ2v) is 9.24. The van der Waals surface area contributed by atoms with E-state index in [1.54, 1.807) is 4.31 Å². The smallest absolute Gasteiger partial charge is 0.251 e. The molecule has 1 amide bonds. The van der Waals surface area contributed by atoms with E-state index in [0.717, 1.165) is 23.1 Å². The maximum Gasteiger partial charge on any atom is 0.251 e. The molecule has 0 saturated heterocycles. The molecule has 3 rings (SSSR count). The lowest BCUT2D eigenvalue weighted by Gasteiger charge is -2.28. The molecular formula is C21H26N2O3S. The standard InChI is InChI=1S/C21H26N2O3S/c1-16-12-17(2)14-20(13-16)21(24)22-9-5-11-27(25,26)23-10-8-18-6-3-4-7-19(18)15-23/h3-4,6-7,12-14H,5,8-11,15H2,1-2H3,(H,22,24). The van der Waals surface area contributed by atoms with Gasteiger partial charge in [-0.15, -0.1) is 0 Å². The highest BCUT2D eigenvalue weighted by molar-refractivity contribution is 7.89. The van der Waals surface area contributed by atoms with Crippen molar-refractivity contribution in [1.82, 2.24) is 9.62 Å². The number of aryl methyl sites for hydroxylation is 2. The second-order valence-electron chi connectivity index (χ2n) is 7.15. The van der Waals surface area contributed by atoms with E-state index in [-0.39, 0.29) is 11.7 Å². The molecule has 0 fully saturated rings. The van der Waals surface area contributed by atoms with Gasteiger partial charge in [-0.25, -0.2) is 8.42 Å². The third-order valence-corrected chi connectivity index (χ3v) is 6.74. The Balaban J connectivity index is 1.50. The maximum atomic E-state index is 12.6. The van der Waals surface area contributed by atoms with E-state index in [9.17, 15) is 13.2 Å². The molecule has 1 heterocycles. The van der Waals surface area contributed by atoms with E-state index in [4.69, 9.17) is 0 Å². The number of nitrogens with zero attached hydrogens (tertiary/aromatic N) is 1. The molecule has 6 heteroatoms. The average Bonchev–Trinajstić information content (AvgIpc) is 2.64. The molecule has 1 aliphatic rings. The molecule has 0 bridgehead atoms. The molecule has 1 N–H and O–H groups in total. The quantitative estimate of drug-likeness (QED) is 0.777. The van der Waals surface area contributed by atoms with Gasteiger partial charge in [0.2, 0.25) is 10.0 Å². The van der Waals surface area contributed by atoms with Crippen molar-refractivity contribution in [2.24, 2.45) is 0 Å². The van der Waals surface area contributed by atoms with Gasteiger partial charge in [0.1, 0.15) is 0 Å². The van der Waals surface area contributed by atoms with Crippen molar-refractivity contribution in [2.45, 2.75) is 33.2 Å². The van der Waals surface area contributed by atoms with Crippen molar-refractivity contribution >= 4 is 15.9 Å². The Bertz CT molecular complexity index is 918. The summed E-state index contributed by atoms with van der Waals surface area (Å²) in [6.45, 7) is 5.21. The Morgan fingerprint density at radius 3 is 2.44 bits per heavy atom. The van der Waals surface area contributed by atoms with Crippen LogP contribution >= 0.6 is 0 Å². The van der Waals surface area contributed by atoms with Crippen molar-refractivity contribution < 1.29 is 13.2 Å². The molecule has 0 atom stereocenters. The van der Waals surface area contributed by atoms with Gasteiger partial charge < -0.3 is 5.32 Å². The highest BCUT2D eigenvalue weighted by Gasteiger charge is 2.26. The number of hydrogen-bond donors (Lipinski definition) is 1. The molecule has 27 heavy (non-hydrogen) atoms. The van der Waals surface area contributed by atoms with Gasteiger partial charge in [0.25, 0.3) is 5.91 Å². The van der Waals surface area contributed by atoms with Crippen LogP contribution in [0.25, 0.3) is 0 Å². The first-order valence-corrected chi connectivity index (χ1v) is 10.9. The Morgan fingerprint density at radius 2 is 1.74 bits per heavy atom. The van der Waals surface area contributed by atoms with Gasteiger partial charge in [-0.05, 0) is 49.9 Å². The Kier molecular flexibility index (Phi) is 5.97. The lowest BCUT2D eigenvalue weighted by atomic mass is 10.0. The van der Waals surface area contributed by atoms with Gasteiger partial charge in [0, 0.05) is 25.2 Å². The molecule has 144 valence electrons. The van der Waals surface area contributed by atoms with E-state index in [1.165, 1.54) is 5.56 Å². The van der Waals surface area contributed by atoms with Crippen LogP contribution in [-0.4, -0.2) is 37.5 Å². The van der Waals surface area contributed by atoms with E-state index in [2.05, 4.69) is 11.4 Å². The van der Waals surface area contributed by atoms with Crippen molar-refractivity contribution in [3.63, 3.8) is 0 Å². The highest BCUT2D eigenvalue weighted by atomic mass is 32.2. The van der Waals surface area contributed by atoms with Gasteiger partial charge in [-0.1, -0.05) is 41.5 Å². The van der Waals surface area contributed by atoms with Gasteiger partial charge in [-0.3, -0.25) is 4.79 Å². The minimum atomic E-state index is -3.32. The van der Waals surface area contributed by atoms with Crippen LogP contribution in [0.1, 0.15) is 39.0 Å². The molecule has 0 radical (unpaired) electrons. The average molecular weight is 387 g/mol. The Morgan fingerprint density at radius 1 is 1.07 bits per heavy atom. The first-order valence-electron chi connectivity index (χ1n) is 9.26. The number of rotatable bonds is 6. The summed E-state index contributed by atoms with van der Waals surface area (Å²) in [4.78, 5) is 12.2. The van der Waals surface area contributed by atoms with Crippen LogP contribution in [0.3, 0.4) is 0 Å². The fourth-order valence-electron chi connectivity index (χ4n) is 3.50. The lowest BCUT2D eigenvalue weighted by molar-refractivity contribution is 0.0953. The molecule has 0 aromatic heterocycles. The van der Waals surface area contributed by atoms with Gasteiger partial charge in [-0.2, -0.15) is 4.31 Å². The molecule has 0 aliphatic carbocycles. The summed E-state index contributed by atoms with van der Waals surface area (Å²) >= 11 is 0. The van der Waals surface area contributed by atoms with E-state index in [0.29, 0.717) is 31.6 Å². The van der Waals surface area contributed by atoms with Crippen LogP contribution in [-0.2, 0) is 23.0 Å². The van der Waals surface area contributed by atoms with Gasteiger partial charge in [0.15, 0.2) is 0 Å². The predicted molar refractivity (Wildman–Crippen MR) is 107 cm³/mol. The third kappa shape index (κ3) is 4.96. The van der Waals surface area contributed by atoms with Crippen molar-refractivity contribution in [3.05, 3.63) is 70.3 Å². The minimum absolute atomic E-state index is 0.0439. The molecular weight excluding hydrogens is 360 g/mol. The fraction of sp³-hybridized carbons (Fsp3) is 0.381. The number of sulfonamides is 1. The predicted octanol–water partition coefficient (Wildman–Crippen LogP) is 2.81. The van der Waals surface area contributed by atoms with Crippen LogP contribution in [0.4, 0.5) is 0 Å². The first-order chi connectivity index (χ1) is 12.8. The van der Waals surface area contributed by atoms with Crippen molar-refractivity contribution in [3.8, 4) is 0 Å². The van der Waals surface area contributed by atoms with E-state index in [1.807, 2.05) is 50.2 Å². The second kappa shape index (κ2) is 8.23. The summed E-state index contributed by atoms with van der Waals surface area (Å²) < 4.78 is 26.8. The molecule has 0 saturated carbocycles. The van der Waals surface area contributed by atoms with Crippen LogP contribution in [0, 0.1) is 13.8 Å². The monoisotopic (exact) mass is 386 g/mol. The largest absolute Gasteiger partial charge is 0.352 e. The van der Waals surface area contributed by atoms with Crippen molar-refractivity contribution in [2.75, 3.05) is 18.8 Å². The fourth-order valence-corrected chi connectivity index (χ4v) is 4.97. The van der Waals surface area contributed by atoms with Gasteiger partial charge >= 0.3 is 0 Å². The molecule has 1 aliphatic heterocycles. The summed E-state index contributed by atoms with van der Waals surface area (Å²) in [6.07, 6.45) is 1.15. The number of amides is 1. The zero-order chi connectivity index (χ0) is 19.4. The lowest BCUT2D eigenvalue weighted by Crippen LogP contribution is -2.38. The number of hydrogen-bond acceptors (Lipinski definition) is 3. The summed E-state index contributed by atoms with van der Waals surface area (Å²) in [7, 11) is -3.32. The summed E-state index contributed by atoms with van der Waals surface area (Å²) in [6, 6.07) is 13.7. The number of fused-ring (bicyclic) bond motifs is 1. The highest BCUT2D eigenvalue weighted by Crippen LogP contribution is 2.21. The summed E-state index contributed by atoms with van der Waals surface area (Å²) in [5, 5.41) is 2.82. The third-order valence-electron chi connectivity index (χ3n) is 4.84. The number of carbonyl (C=O) groups is 1. The van der Waals surface area contributed by atoms with E-state index < -0.39 is 10.0 Å². The molecule has 2 aromatic rings. The summed E-state index contributed by atoms with van der Waals surface area (Å²) in [5.41, 5.74) is 4.99. The van der Waals surface area contributed by atoms with Crippen LogP contribution < -0.4 is 5.32 Å². The number of carbonyl (C=O) groups excluding carboxylic acids is 1. The number of benzene rings is 2. The zero-order valence-corrected chi connectivity index (χ0v) is 16.7. The maximum absolute atomic E-state index is 12.6. The van der Waals surface area contributed by atoms with Crippen LogP contribution in [0.5, 0.6) is 0 Å². The van der Waals surface area contributed by atoms with Gasteiger partial charge in [0.05, 0.1) is 5.75 Å². The van der Waals surface area contributed by atoms with Crippen molar-refractivity contribution in [1.29, 1.82) is 0 Å². The van der Waals surface area contributed by atoms with Crippen LogP contribution in [0.15, 0.2) is 42.5 Å². The van der Waals surface area contributed by atoms with Crippen LogP contribution in [0.2, 0.25) is 0 Å². The molecule has 0 spiro atoms. The first kappa shape index (κ1) is 19.6. The topological polar surface area (TPSA) is 66.5 Å². The minimum Gasteiger partial charge on any atom is -0.352 e. The molecule has 0 unspecified atom stereocenters. The number of nitrogens with one attached hydrogen (secondary N) is 1. The molecule has 5 nitrogen and oxygen atoms in total. The zero-order valence-electron chi connectivity index (χ0n) is 15.9. The normalized spacial score (nSPS) is 14.6. The Hall–Kier alpha value is -2.18. The van der Waals surface area contributed by atoms with E-state index >= 15 is 0 Å². The summed E-state index contributed by atoms with van der Waals surface area (Å²) in [5.74, 6) is -0.117. The Labute approximate surface area is 161 Å².